The number of carbonyl (C=O) groups excluding carboxylic acids is 2. The summed E-state index contributed by atoms with van der Waals surface area (Å²) in [6.45, 7) is 0. The molecule has 0 heterocycles. The molecule has 0 aliphatic carbocycles. The average Bonchev–Trinajstić information content (AvgIpc) is 2.62. The molecule has 6 heteroatoms. The van der Waals surface area contributed by atoms with E-state index in [1.165, 1.54) is 0 Å². The van der Waals surface area contributed by atoms with E-state index in [-0.39, 0.29) is 0 Å². The molecule has 2 aromatic carbocycles. The molecule has 116 valence electrons. The van der Waals surface area contributed by atoms with Crippen LogP contribution in [0.3, 0.4) is 0 Å². The lowest BCUT2D eigenvalue weighted by atomic mass is 10.1. The first-order valence-electron chi connectivity index (χ1n) is 6.71. The van der Waals surface area contributed by atoms with E-state index in [0.29, 0.717) is 11.3 Å². The predicted molar refractivity (Wildman–Crippen MR) is 84.0 cm³/mol. The quantitative estimate of drug-likeness (QED) is 0.301. The highest BCUT2D eigenvalue weighted by molar-refractivity contribution is 6.41. The van der Waals surface area contributed by atoms with Crippen molar-refractivity contribution in [2.75, 3.05) is 7.11 Å². The number of carbonyl (C=O) groups is 2. The molecule has 6 nitrogen and oxygen atoms in total. The van der Waals surface area contributed by atoms with Gasteiger partial charge in [-0.15, -0.1) is 5.11 Å². The van der Waals surface area contributed by atoms with Crippen molar-refractivity contribution in [3.05, 3.63) is 71.9 Å². The predicted octanol–water partition coefficient (Wildman–Crippen LogP) is 3.44. The maximum atomic E-state index is 12.1. The number of nitrogens with zero attached hydrogens (tertiary/aromatic N) is 2. The number of esters is 1. The van der Waals surface area contributed by atoms with Gasteiger partial charge in [-0.2, -0.15) is 5.11 Å². The fourth-order valence-electron chi connectivity index (χ4n) is 1.72. The first-order chi connectivity index (χ1) is 11.1. The van der Waals surface area contributed by atoms with Crippen LogP contribution in [0.5, 0.6) is 0 Å². The maximum Gasteiger partial charge on any atom is 0.381 e. The largest absolute Gasteiger partial charge is 0.505 e. The number of aliphatic hydroxyl groups is 1. The lowest BCUT2D eigenvalue weighted by Gasteiger charge is -2.04. The van der Waals surface area contributed by atoms with E-state index in [2.05, 4.69) is 15.0 Å². The Balaban J connectivity index is 2.46. The summed E-state index contributed by atoms with van der Waals surface area (Å²) in [7, 11) is 1.08. The monoisotopic (exact) mass is 310 g/mol. The molecule has 1 N–H and O–H groups in total. The Morgan fingerprint density at radius 3 is 2.09 bits per heavy atom. The highest BCUT2D eigenvalue weighted by Crippen LogP contribution is 2.20. The third-order valence-electron chi connectivity index (χ3n) is 2.88. The van der Waals surface area contributed by atoms with Crippen LogP contribution in [0.25, 0.3) is 5.76 Å². The van der Waals surface area contributed by atoms with Crippen LogP contribution in [0.1, 0.15) is 5.56 Å². The minimum atomic E-state index is -1.13. The summed E-state index contributed by atoms with van der Waals surface area (Å²) in [5, 5.41) is 17.9. The Bertz CT molecular complexity index is 753. The van der Waals surface area contributed by atoms with Gasteiger partial charge in [0.05, 0.1) is 12.8 Å². The number of hydrogen-bond acceptors (Lipinski definition) is 6. The van der Waals surface area contributed by atoms with E-state index in [0.717, 1.165) is 7.11 Å². The first kappa shape index (κ1) is 16.1. The third-order valence-corrected chi connectivity index (χ3v) is 2.88. The molecule has 0 aliphatic rings. The molecule has 0 aliphatic heterocycles. The van der Waals surface area contributed by atoms with E-state index < -0.39 is 23.2 Å². The second-order valence-corrected chi connectivity index (χ2v) is 4.42. The van der Waals surface area contributed by atoms with Gasteiger partial charge in [0.1, 0.15) is 0 Å². The molecule has 0 radical (unpaired) electrons. The Labute approximate surface area is 132 Å². The SMILES string of the molecule is COC(=O)C(=O)/C(N=Nc1ccccc1)=C(\O)c1ccccc1. The molecular formula is C17H14N2O4. The van der Waals surface area contributed by atoms with Gasteiger partial charge in [-0.3, -0.25) is 4.79 Å². The highest BCUT2D eigenvalue weighted by Gasteiger charge is 2.24. The molecule has 0 saturated carbocycles. The van der Waals surface area contributed by atoms with Crippen molar-refractivity contribution < 1.29 is 19.4 Å². The molecule has 0 spiro atoms. The highest BCUT2D eigenvalue weighted by atomic mass is 16.5. The van der Waals surface area contributed by atoms with Crippen LogP contribution < -0.4 is 0 Å². The van der Waals surface area contributed by atoms with Gasteiger partial charge in [0.2, 0.25) is 0 Å². The summed E-state index contributed by atoms with van der Waals surface area (Å²) >= 11 is 0. The standard InChI is InChI=1S/C17H14N2O4/c1-23-17(22)16(21)14(15(20)12-8-4-2-5-9-12)19-18-13-10-6-3-7-11-13/h2-11,20H,1H3/b15-14+,19-18?. The molecule has 0 atom stereocenters. The van der Waals surface area contributed by atoms with Crippen molar-refractivity contribution in [2.45, 2.75) is 0 Å². The van der Waals surface area contributed by atoms with Crippen LogP contribution in [0.15, 0.2) is 76.6 Å². The zero-order chi connectivity index (χ0) is 16.7. The van der Waals surface area contributed by atoms with Crippen LogP contribution in [-0.4, -0.2) is 24.0 Å². The Morgan fingerprint density at radius 2 is 1.52 bits per heavy atom. The van der Waals surface area contributed by atoms with Gasteiger partial charge in [0.25, 0.3) is 5.78 Å². The fourth-order valence-corrected chi connectivity index (χ4v) is 1.72. The number of benzene rings is 2. The molecule has 0 amide bonds. The fraction of sp³-hybridized carbons (Fsp3) is 0.0588. The second-order valence-electron chi connectivity index (χ2n) is 4.42. The Hall–Kier alpha value is -3.28. The van der Waals surface area contributed by atoms with Gasteiger partial charge < -0.3 is 9.84 Å². The van der Waals surface area contributed by atoms with Crippen molar-refractivity contribution in [1.29, 1.82) is 0 Å². The number of aliphatic hydroxyl groups excluding tert-OH is 1. The Kier molecular flexibility index (Phi) is 5.35. The molecule has 23 heavy (non-hydrogen) atoms. The first-order valence-corrected chi connectivity index (χ1v) is 6.71. The van der Waals surface area contributed by atoms with Gasteiger partial charge >= 0.3 is 5.97 Å². The smallest absolute Gasteiger partial charge is 0.381 e. The Morgan fingerprint density at radius 1 is 0.957 bits per heavy atom. The number of azo groups is 1. The number of rotatable bonds is 5. The zero-order valence-corrected chi connectivity index (χ0v) is 12.3. The van der Waals surface area contributed by atoms with E-state index in [4.69, 9.17) is 0 Å². The van der Waals surface area contributed by atoms with Crippen LogP contribution in [0.4, 0.5) is 5.69 Å². The molecule has 2 rings (SSSR count). The second kappa shape index (κ2) is 7.65. The number of methoxy groups -OCH3 is 1. The third kappa shape index (κ3) is 4.10. The number of ether oxygens (including phenoxy) is 1. The minimum absolute atomic E-state index is 0.340. The minimum Gasteiger partial charge on any atom is -0.505 e. The van der Waals surface area contributed by atoms with Crippen molar-refractivity contribution in [3.63, 3.8) is 0 Å². The van der Waals surface area contributed by atoms with Crippen LogP contribution in [0.2, 0.25) is 0 Å². The molecule has 0 aromatic heterocycles. The lowest BCUT2D eigenvalue weighted by Crippen LogP contribution is -2.18. The topological polar surface area (TPSA) is 88.3 Å². The summed E-state index contributed by atoms with van der Waals surface area (Å²) in [5.74, 6) is -2.65. The van der Waals surface area contributed by atoms with E-state index in [9.17, 15) is 14.7 Å². The summed E-state index contributed by atoms with van der Waals surface area (Å²) in [4.78, 5) is 23.5. The van der Waals surface area contributed by atoms with Gasteiger partial charge in [-0.1, -0.05) is 48.5 Å². The maximum absolute atomic E-state index is 12.1. The summed E-state index contributed by atoms with van der Waals surface area (Å²) in [5.41, 5.74) is 0.335. The van der Waals surface area contributed by atoms with Gasteiger partial charge in [0, 0.05) is 5.56 Å². The number of ketones is 1. The van der Waals surface area contributed by atoms with Gasteiger partial charge in [0.15, 0.2) is 11.5 Å². The van der Waals surface area contributed by atoms with Gasteiger partial charge in [-0.05, 0) is 12.1 Å². The zero-order valence-electron chi connectivity index (χ0n) is 12.3. The molecule has 0 saturated heterocycles. The van der Waals surface area contributed by atoms with Crippen molar-refractivity contribution in [1.82, 2.24) is 0 Å². The molecule has 0 unspecified atom stereocenters. The summed E-state index contributed by atoms with van der Waals surface area (Å²) in [6, 6.07) is 16.9. The summed E-state index contributed by atoms with van der Waals surface area (Å²) < 4.78 is 4.40. The van der Waals surface area contributed by atoms with Crippen molar-refractivity contribution in [2.24, 2.45) is 10.2 Å². The van der Waals surface area contributed by atoms with Crippen LogP contribution in [-0.2, 0) is 14.3 Å². The van der Waals surface area contributed by atoms with E-state index >= 15 is 0 Å². The number of Topliss-reactive ketones (excluding diaryl/α,β-unsaturated/α-hetero) is 1. The molecule has 0 fully saturated rings. The normalized spacial score (nSPS) is 11.9. The lowest BCUT2D eigenvalue weighted by molar-refractivity contribution is -0.149. The van der Waals surface area contributed by atoms with Gasteiger partial charge in [-0.25, -0.2) is 4.79 Å². The average molecular weight is 310 g/mol. The number of hydrogen-bond donors (Lipinski definition) is 1. The van der Waals surface area contributed by atoms with Crippen molar-refractivity contribution >= 4 is 23.2 Å². The van der Waals surface area contributed by atoms with Crippen LogP contribution in [0, 0.1) is 0 Å². The van der Waals surface area contributed by atoms with Crippen LogP contribution >= 0.6 is 0 Å². The van der Waals surface area contributed by atoms with E-state index in [1.807, 2.05) is 0 Å². The van der Waals surface area contributed by atoms with Crippen molar-refractivity contribution in [3.8, 4) is 0 Å². The molecule has 0 bridgehead atoms. The molecule has 2 aromatic rings. The summed E-state index contributed by atoms with van der Waals surface area (Å²) in [6.07, 6.45) is 0. The molecular weight excluding hydrogens is 296 g/mol. The van der Waals surface area contributed by atoms with E-state index in [1.54, 1.807) is 60.7 Å².